The van der Waals surface area contributed by atoms with Crippen LogP contribution in [-0.4, -0.2) is 17.1 Å². The maximum atomic E-state index is 13.4. The third-order valence-corrected chi connectivity index (χ3v) is 4.19. The summed E-state index contributed by atoms with van der Waals surface area (Å²) in [5.41, 5.74) is 2.95. The molecule has 0 aliphatic rings. The molecule has 1 heterocycles. The van der Waals surface area contributed by atoms with E-state index >= 15 is 0 Å². The molecule has 0 fully saturated rings. The summed E-state index contributed by atoms with van der Waals surface area (Å²) in [6.45, 7) is 0.292. The number of nitrogens with zero attached hydrogens (tertiary/aromatic N) is 1. The molecule has 0 spiro atoms. The molecule has 0 saturated heterocycles. The van der Waals surface area contributed by atoms with Crippen molar-refractivity contribution in [1.82, 2.24) is 9.97 Å². The third kappa shape index (κ3) is 3.60. The van der Waals surface area contributed by atoms with Gasteiger partial charge in [-0.15, -0.1) is 0 Å². The molecule has 0 saturated carbocycles. The van der Waals surface area contributed by atoms with E-state index < -0.39 is 0 Å². The zero-order chi connectivity index (χ0) is 18.8. The Balaban J connectivity index is 1.59. The van der Waals surface area contributed by atoms with Crippen LogP contribution in [0.1, 0.15) is 5.56 Å². The Morgan fingerprint density at radius 1 is 0.889 bits per heavy atom. The molecule has 6 heteroatoms. The molecule has 136 valence electrons. The average Bonchev–Trinajstić information content (AvgIpc) is 3.10. The number of nitrogens with one attached hydrogen (secondary N) is 1. The first-order chi connectivity index (χ1) is 13.1. The first-order valence-electron chi connectivity index (χ1n) is 8.33. The van der Waals surface area contributed by atoms with Gasteiger partial charge in [0.2, 0.25) is 0 Å². The quantitative estimate of drug-likeness (QED) is 0.535. The van der Waals surface area contributed by atoms with Gasteiger partial charge in [-0.2, -0.15) is 0 Å². The summed E-state index contributed by atoms with van der Waals surface area (Å²) in [6.07, 6.45) is 0. The molecule has 4 aromatic rings. The van der Waals surface area contributed by atoms with Crippen LogP contribution in [-0.2, 0) is 6.61 Å². The maximum absolute atomic E-state index is 13.4. The van der Waals surface area contributed by atoms with Gasteiger partial charge in [0, 0.05) is 5.56 Å². The molecule has 4 nitrogen and oxygen atoms in total. The number of rotatable bonds is 5. The van der Waals surface area contributed by atoms with Crippen LogP contribution in [0.15, 0.2) is 60.7 Å². The Morgan fingerprint density at radius 3 is 2.44 bits per heavy atom. The largest absolute Gasteiger partial charge is 0.493 e. The van der Waals surface area contributed by atoms with Gasteiger partial charge in [0.15, 0.2) is 11.5 Å². The first kappa shape index (κ1) is 17.0. The predicted molar refractivity (Wildman–Crippen MR) is 98.8 cm³/mol. The number of hydrogen-bond donors (Lipinski definition) is 1. The highest BCUT2D eigenvalue weighted by Crippen LogP contribution is 2.33. The molecular formula is C21H16F2N2O2. The SMILES string of the molecule is COc1cc(-c2nc3ccc(F)cc3[nH]2)ccc1OCc1ccc(F)cc1. The second-order valence-corrected chi connectivity index (χ2v) is 6.03. The van der Waals surface area contributed by atoms with E-state index in [1.807, 2.05) is 6.07 Å². The highest BCUT2D eigenvalue weighted by atomic mass is 19.1. The minimum Gasteiger partial charge on any atom is -0.493 e. The molecule has 0 aliphatic heterocycles. The highest BCUT2D eigenvalue weighted by Gasteiger charge is 2.11. The van der Waals surface area contributed by atoms with Crippen LogP contribution >= 0.6 is 0 Å². The fourth-order valence-corrected chi connectivity index (χ4v) is 2.79. The second kappa shape index (κ2) is 7.07. The Bertz CT molecular complexity index is 1090. The fraction of sp³-hybridized carbons (Fsp3) is 0.0952. The molecule has 0 aliphatic carbocycles. The van der Waals surface area contributed by atoms with Crippen LogP contribution in [0.25, 0.3) is 22.4 Å². The molecule has 4 rings (SSSR count). The van der Waals surface area contributed by atoms with Crippen molar-refractivity contribution >= 4 is 11.0 Å². The molecule has 0 bridgehead atoms. The Hall–Kier alpha value is -3.41. The number of aromatic nitrogens is 2. The topological polar surface area (TPSA) is 47.1 Å². The van der Waals surface area contributed by atoms with Crippen LogP contribution < -0.4 is 9.47 Å². The van der Waals surface area contributed by atoms with Gasteiger partial charge >= 0.3 is 0 Å². The molecule has 1 N–H and O–H groups in total. The van der Waals surface area contributed by atoms with Gasteiger partial charge in [0.25, 0.3) is 0 Å². The standard InChI is InChI=1S/C21H16F2N2O2/c1-26-20-10-14(21-24-17-8-7-16(23)11-18(17)25-21)4-9-19(20)27-12-13-2-5-15(22)6-3-13/h2-11H,12H2,1H3,(H,24,25). The monoisotopic (exact) mass is 366 g/mol. The maximum Gasteiger partial charge on any atom is 0.161 e. The van der Waals surface area contributed by atoms with Crippen molar-refractivity contribution in [1.29, 1.82) is 0 Å². The van der Waals surface area contributed by atoms with Crippen molar-refractivity contribution in [2.45, 2.75) is 6.61 Å². The average molecular weight is 366 g/mol. The summed E-state index contributed by atoms with van der Waals surface area (Å²) in [5, 5.41) is 0. The van der Waals surface area contributed by atoms with Gasteiger partial charge in [0.05, 0.1) is 18.1 Å². The normalized spacial score (nSPS) is 10.9. The van der Waals surface area contributed by atoms with E-state index in [1.165, 1.54) is 24.3 Å². The third-order valence-electron chi connectivity index (χ3n) is 4.19. The number of halogens is 2. The summed E-state index contributed by atoms with van der Waals surface area (Å²) < 4.78 is 37.6. The second-order valence-electron chi connectivity index (χ2n) is 6.03. The van der Waals surface area contributed by atoms with Gasteiger partial charge < -0.3 is 14.5 Å². The summed E-state index contributed by atoms with van der Waals surface area (Å²) in [5.74, 6) is 1.11. The lowest BCUT2D eigenvalue weighted by molar-refractivity contribution is 0.284. The van der Waals surface area contributed by atoms with E-state index in [2.05, 4.69) is 9.97 Å². The summed E-state index contributed by atoms with van der Waals surface area (Å²) >= 11 is 0. The van der Waals surface area contributed by atoms with Crippen LogP contribution in [0.5, 0.6) is 11.5 Å². The molecular weight excluding hydrogens is 350 g/mol. The Morgan fingerprint density at radius 2 is 1.67 bits per heavy atom. The van der Waals surface area contributed by atoms with Gasteiger partial charge in [-0.25, -0.2) is 13.8 Å². The van der Waals surface area contributed by atoms with Gasteiger partial charge in [0.1, 0.15) is 24.1 Å². The van der Waals surface area contributed by atoms with Crippen molar-refractivity contribution in [2.24, 2.45) is 0 Å². The summed E-state index contributed by atoms with van der Waals surface area (Å²) in [4.78, 5) is 7.58. The van der Waals surface area contributed by atoms with Gasteiger partial charge in [-0.05, 0) is 54.1 Å². The molecule has 3 aromatic carbocycles. The van der Waals surface area contributed by atoms with E-state index in [9.17, 15) is 8.78 Å². The van der Waals surface area contributed by atoms with Crippen molar-refractivity contribution < 1.29 is 18.3 Å². The van der Waals surface area contributed by atoms with E-state index in [1.54, 1.807) is 37.4 Å². The highest BCUT2D eigenvalue weighted by molar-refractivity contribution is 5.79. The summed E-state index contributed by atoms with van der Waals surface area (Å²) in [6, 6.07) is 16.0. The minimum absolute atomic E-state index is 0.286. The lowest BCUT2D eigenvalue weighted by atomic mass is 10.2. The molecule has 0 atom stereocenters. The molecule has 0 unspecified atom stereocenters. The van der Waals surface area contributed by atoms with Gasteiger partial charge in [-0.1, -0.05) is 12.1 Å². The van der Waals surface area contributed by atoms with Crippen molar-refractivity contribution in [3.63, 3.8) is 0 Å². The predicted octanol–water partition coefficient (Wildman–Crippen LogP) is 5.10. The van der Waals surface area contributed by atoms with Crippen LogP contribution in [0.2, 0.25) is 0 Å². The zero-order valence-corrected chi connectivity index (χ0v) is 14.5. The smallest absolute Gasteiger partial charge is 0.161 e. The van der Waals surface area contributed by atoms with E-state index in [0.29, 0.717) is 35.0 Å². The lowest BCUT2D eigenvalue weighted by Crippen LogP contribution is -1.98. The van der Waals surface area contributed by atoms with Crippen LogP contribution in [0, 0.1) is 11.6 Å². The number of methoxy groups -OCH3 is 1. The number of H-pyrrole nitrogens is 1. The molecule has 0 amide bonds. The van der Waals surface area contributed by atoms with E-state index in [4.69, 9.17) is 9.47 Å². The number of imidazole rings is 1. The van der Waals surface area contributed by atoms with Crippen LogP contribution in [0.4, 0.5) is 8.78 Å². The lowest BCUT2D eigenvalue weighted by Gasteiger charge is -2.12. The number of aromatic amines is 1. The van der Waals surface area contributed by atoms with Gasteiger partial charge in [-0.3, -0.25) is 0 Å². The Labute approximate surface area is 154 Å². The van der Waals surface area contributed by atoms with E-state index in [-0.39, 0.29) is 11.6 Å². The zero-order valence-electron chi connectivity index (χ0n) is 14.5. The number of fused-ring (bicyclic) bond motifs is 1. The van der Waals surface area contributed by atoms with Crippen LogP contribution in [0.3, 0.4) is 0 Å². The van der Waals surface area contributed by atoms with E-state index in [0.717, 1.165) is 11.1 Å². The molecule has 27 heavy (non-hydrogen) atoms. The fourth-order valence-electron chi connectivity index (χ4n) is 2.79. The number of benzene rings is 3. The van der Waals surface area contributed by atoms with Crippen molar-refractivity contribution in [3.8, 4) is 22.9 Å². The number of ether oxygens (including phenoxy) is 2. The summed E-state index contributed by atoms with van der Waals surface area (Å²) in [7, 11) is 1.55. The minimum atomic E-state index is -0.320. The number of hydrogen-bond acceptors (Lipinski definition) is 3. The van der Waals surface area contributed by atoms with Crippen molar-refractivity contribution in [2.75, 3.05) is 7.11 Å². The molecule has 0 radical (unpaired) electrons. The molecule has 1 aromatic heterocycles. The van der Waals surface area contributed by atoms with Crippen molar-refractivity contribution in [3.05, 3.63) is 77.9 Å². The Kier molecular flexibility index (Phi) is 4.46. The first-order valence-corrected chi connectivity index (χ1v) is 8.33.